The van der Waals surface area contributed by atoms with Gasteiger partial charge in [0.25, 0.3) is 0 Å². The molecular weight excluding hydrogens is 454 g/mol. The summed E-state index contributed by atoms with van der Waals surface area (Å²) >= 11 is 7.79. The Kier molecular flexibility index (Phi) is 7.36. The van der Waals surface area contributed by atoms with Crippen LogP contribution in [-0.2, 0) is 11.3 Å². The van der Waals surface area contributed by atoms with Gasteiger partial charge in [0.1, 0.15) is 5.54 Å². The minimum Gasteiger partial charge on any atom is -0.326 e. The molecule has 0 aliphatic heterocycles. The molecule has 6 nitrogen and oxygen atoms in total. The van der Waals surface area contributed by atoms with Crippen molar-refractivity contribution in [1.82, 2.24) is 19.7 Å². The zero-order valence-electron chi connectivity index (χ0n) is 18.6. The van der Waals surface area contributed by atoms with Gasteiger partial charge >= 0.3 is 0 Å². The van der Waals surface area contributed by atoms with Gasteiger partial charge in [-0.05, 0) is 30.5 Å². The predicted molar refractivity (Wildman–Crippen MR) is 131 cm³/mol. The Morgan fingerprint density at radius 2 is 1.82 bits per heavy atom. The third-order valence-electron chi connectivity index (χ3n) is 6.24. The Balaban J connectivity index is 1.58. The van der Waals surface area contributed by atoms with Crippen LogP contribution in [0.4, 0.5) is 0 Å². The van der Waals surface area contributed by atoms with E-state index in [2.05, 4.69) is 16.3 Å². The Labute approximate surface area is 203 Å². The predicted octanol–water partition coefficient (Wildman–Crippen LogP) is 5.42. The van der Waals surface area contributed by atoms with E-state index in [4.69, 9.17) is 11.6 Å². The number of rotatable bonds is 7. The van der Waals surface area contributed by atoms with Crippen LogP contribution >= 0.6 is 23.4 Å². The van der Waals surface area contributed by atoms with Crippen molar-refractivity contribution in [1.29, 1.82) is 5.26 Å². The molecule has 8 heteroatoms. The molecular formula is C25H26ClN5OS. The molecule has 4 rings (SSSR count). The first-order valence-electron chi connectivity index (χ1n) is 11.1. The summed E-state index contributed by atoms with van der Waals surface area (Å²) in [6, 6.07) is 20.0. The number of nitriles is 1. The summed E-state index contributed by atoms with van der Waals surface area (Å²) in [4.78, 5) is 14.7. The van der Waals surface area contributed by atoms with Gasteiger partial charge < -0.3 is 4.90 Å². The van der Waals surface area contributed by atoms with Gasteiger partial charge in [-0.25, -0.2) is 0 Å². The molecule has 3 aromatic rings. The highest BCUT2D eigenvalue weighted by Gasteiger charge is 2.38. The van der Waals surface area contributed by atoms with Crippen molar-refractivity contribution >= 4 is 29.3 Å². The summed E-state index contributed by atoms with van der Waals surface area (Å²) in [7, 11) is 1.75. The minimum absolute atomic E-state index is 0.0722. The van der Waals surface area contributed by atoms with Crippen LogP contribution in [0.3, 0.4) is 0 Å². The molecule has 1 aromatic heterocycles. The van der Waals surface area contributed by atoms with E-state index < -0.39 is 5.54 Å². The molecule has 0 unspecified atom stereocenters. The number of aromatic nitrogens is 3. The quantitative estimate of drug-likeness (QED) is 0.423. The molecule has 0 spiro atoms. The van der Waals surface area contributed by atoms with Crippen molar-refractivity contribution in [2.45, 2.75) is 49.3 Å². The van der Waals surface area contributed by atoms with Gasteiger partial charge in [-0.2, -0.15) is 5.26 Å². The number of thioether (sulfide) groups is 1. The van der Waals surface area contributed by atoms with Gasteiger partial charge in [0.05, 0.1) is 23.4 Å². The molecule has 1 amide bonds. The lowest BCUT2D eigenvalue weighted by molar-refractivity contribution is -0.131. The lowest BCUT2D eigenvalue weighted by Crippen LogP contribution is -2.50. The number of hydrogen-bond donors (Lipinski definition) is 0. The Bertz CT molecular complexity index is 1150. The van der Waals surface area contributed by atoms with Crippen LogP contribution in [-0.4, -0.2) is 43.9 Å². The van der Waals surface area contributed by atoms with Gasteiger partial charge in [-0.1, -0.05) is 85.1 Å². The van der Waals surface area contributed by atoms with Gasteiger partial charge in [0, 0.05) is 12.6 Å². The molecule has 0 bridgehead atoms. The second-order valence-corrected chi connectivity index (χ2v) is 9.65. The Morgan fingerprint density at radius 3 is 2.52 bits per heavy atom. The van der Waals surface area contributed by atoms with E-state index in [0.29, 0.717) is 22.5 Å². The first-order chi connectivity index (χ1) is 16.0. The van der Waals surface area contributed by atoms with E-state index in [-0.39, 0.29) is 11.7 Å². The van der Waals surface area contributed by atoms with Crippen molar-refractivity contribution in [2.24, 2.45) is 0 Å². The van der Waals surface area contributed by atoms with E-state index >= 15 is 0 Å². The van der Waals surface area contributed by atoms with Crippen molar-refractivity contribution in [3.63, 3.8) is 0 Å². The fraction of sp³-hybridized carbons (Fsp3) is 0.360. The standard InChI is InChI=1S/C25H26ClN5OS/c1-30(25(18-27)14-8-3-9-15-25)22(32)17-33-24-29-28-23(20-12-6-7-13-21(20)26)31(24)16-19-10-4-2-5-11-19/h2,4-7,10-13H,3,8-9,14-17H2,1H3. The second kappa shape index (κ2) is 10.4. The molecule has 1 heterocycles. The number of benzene rings is 2. The molecule has 1 aliphatic carbocycles. The molecule has 1 fully saturated rings. The molecule has 0 radical (unpaired) electrons. The number of hydrogen-bond acceptors (Lipinski definition) is 5. The third kappa shape index (κ3) is 5.07. The first kappa shape index (κ1) is 23.3. The van der Waals surface area contributed by atoms with Crippen molar-refractivity contribution in [3.8, 4) is 17.5 Å². The first-order valence-corrected chi connectivity index (χ1v) is 12.4. The molecule has 2 aromatic carbocycles. The van der Waals surface area contributed by atoms with E-state index in [1.54, 1.807) is 11.9 Å². The van der Waals surface area contributed by atoms with Crippen molar-refractivity contribution in [2.75, 3.05) is 12.8 Å². The van der Waals surface area contributed by atoms with Crippen LogP contribution in [0.1, 0.15) is 37.7 Å². The molecule has 1 aliphatic rings. The summed E-state index contributed by atoms with van der Waals surface area (Å²) in [5.41, 5.74) is 1.20. The maximum Gasteiger partial charge on any atom is 0.234 e. The average molecular weight is 480 g/mol. The second-order valence-electron chi connectivity index (χ2n) is 8.30. The summed E-state index contributed by atoms with van der Waals surface area (Å²) < 4.78 is 2.00. The fourth-order valence-corrected chi connectivity index (χ4v) is 5.34. The van der Waals surface area contributed by atoms with Crippen LogP contribution in [0, 0.1) is 11.3 Å². The third-order valence-corrected chi connectivity index (χ3v) is 7.53. The zero-order valence-corrected chi connectivity index (χ0v) is 20.1. The van der Waals surface area contributed by atoms with E-state index in [0.717, 1.165) is 43.2 Å². The number of carbonyl (C=O) groups excluding carboxylic acids is 1. The smallest absolute Gasteiger partial charge is 0.234 e. The van der Waals surface area contributed by atoms with Crippen molar-refractivity contribution < 1.29 is 4.79 Å². The molecule has 33 heavy (non-hydrogen) atoms. The van der Waals surface area contributed by atoms with E-state index in [9.17, 15) is 10.1 Å². The Hall–Kier alpha value is -2.82. The number of carbonyl (C=O) groups is 1. The average Bonchev–Trinajstić information content (AvgIpc) is 3.25. The summed E-state index contributed by atoms with van der Waals surface area (Å²) in [5, 5.41) is 19.9. The monoisotopic (exact) mass is 479 g/mol. The fourth-order valence-electron chi connectivity index (χ4n) is 4.27. The van der Waals surface area contributed by atoms with Crippen LogP contribution in [0.5, 0.6) is 0 Å². The molecule has 0 atom stereocenters. The molecule has 0 N–H and O–H groups in total. The summed E-state index contributed by atoms with van der Waals surface area (Å²) in [5.74, 6) is 0.778. The largest absolute Gasteiger partial charge is 0.326 e. The molecule has 1 saturated carbocycles. The van der Waals surface area contributed by atoms with E-state index in [1.165, 1.54) is 11.8 Å². The zero-order chi connectivity index (χ0) is 23.3. The highest BCUT2D eigenvalue weighted by Crippen LogP contribution is 2.34. The van der Waals surface area contributed by atoms with Crippen LogP contribution in [0.2, 0.25) is 5.02 Å². The SMILES string of the molecule is CN(C(=O)CSc1nnc(-c2ccccc2Cl)n1Cc1ccccc1)C1(C#N)CCCCC1. The topological polar surface area (TPSA) is 74.8 Å². The lowest BCUT2D eigenvalue weighted by Gasteiger charge is -2.39. The maximum absolute atomic E-state index is 13.1. The molecule has 170 valence electrons. The lowest BCUT2D eigenvalue weighted by atomic mass is 9.81. The van der Waals surface area contributed by atoms with Gasteiger partial charge in [-0.3, -0.25) is 9.36 Å². The number of amides is 1. The normalized spacial score (nSPS) is 15.1. The number of halogens is 1. The summed E-state index contributed by atoms with van der Waals surface area (Å²) in [6.07, 6.45) is 4.54. The number of nitrogens with zero attached hydrogens (tertiary/aromatic N) is 5. The van der Waals surface area contributed by atoms with E-state index in [1.807, 2.05) is 59.2 Å². The molecule has 0 saturated heterocycles. The van der Waals surface area contributed by atoms with Gasteiger partial charge in [0.15, 0.2) is 11.0 Å². The van der Waals surface area contributed by atoms with Crippen LogP contribution in [0.25, 0.3) is 11.4 Å². The van der Waals surface area contributed by atoms with Crippen LogP contribution in [0.15, 0.2) is 59.8 Å². The van der Waals surface area contributed by atoms with Gasteiger partial charge in [-0.15, -0.1) is 10.2 Å². The van der Waals surface area contributed by atoms with Crippen molar-refractivity contribution in [3.05, 3.63) is 65.2 Å². The highest BCUT2D eigenvalue weighted by molar-refractivity contribution is 7.99. The maximum atomic E-state index is 13.1. The highest BCUT2D eigenvalue weighted by atomic mass is 35.5. The van der Waals surface area contributed by atoms with Gasteiger partial charge in [0.2, 0.25) is 5.91 Å². The Morgan fingerprint density at radius 1 is 1.12 bits per heavy atom. The summed E-state index contributed by atoms with van der Waals surface area (Å²) in [6.45, 7) is 0.558. The minimum atomic E-state index is -0.698. The van der Waals surface area contributed by atoms with Crippen LogP contribution < -0.4 is 0 Å².